The molecule has 2 aliphatic rings. The topological polar surface area (TPSA) is 32.3 Å². The van der Waals surface area contributed by atoms with Crippen LogP contribution in [0.2, 0.25) is 0 Å². The quantitative estimate of drug-likeness (QED) is 0.593. The first kappa shape index (κ1) is 15.3. The van der Waals surface area contributed by atoms with E-state index in [4.69, 9.17) is 0 Å². The van der Waals surface area contributed by atoms with Crippen LogP contribution in [0.3, 0.4) is 0 Å². The van der Waals surface area contributed by atoms with Crippen LogP contribution in [0.25, 0.3) is 0 Å². The Kier molecular flexibility index (Phi) is 5.16. The largest absolute Gasteiger partial charge is 0.352 e. The van der Waals surface area contributed by atoms with Crippen molar-refractivity contribution >= 4 is 28.5 Å². The predicted octanol–water partition coefficient (Wildman–Crippen LogP) is 3.29. The van der Waals surface area contributed by atoms with E-state index >= 15 is 0 Å². The van der Waals surface area contributed by atoms with Crippen LogP contribution in [0, 0.1) is 9.49 Å². The van der Waals surface area contributed by atoms with Crippen molar-refractivity contribution in [2.24, 2.45) is 5.92 Å². The predicted molar refractivity (Wildman–Crippen MR) is 93.4 cm³/mol. The van der Waals surface area contributed by atoms with Gasteiger partial charge >= 0.3 is 0 Å². The molecule has 0 spiro atoms. The Labute approximate surface area is 140 Å². The molecule has 1 aromatic carbocycles. The Hall–Kier alpha value is -0.620. The monoisotopic (exact) mass is 394 g/mol. The molecule has 1 heterocycles. The van der Waals surface area contributed by atoms with Gasteiger partial charge in [-0.15, -0.1) is 0 Å². The molecule has 1 N–H and O–H groups in total. The minimum atomic E-state index is 0.0478. The zero-order valence-corrected chi connectivity index (χ0v) is 14.5. The SMILES string of the molecule is O=C(NCCCCN1C[C@@H]2CC[C@H]1C2)c1ccc([123I])cc1. The van der Waals surface area contributed by atoms with Crippen LogP contribution in [-0.2, 0) is 0 Å². The van der Waals surface area contributed by atoms with Crippen LogP contribution in [0.15, 0.2) is 24.3 Å². The van der Waals surface area contributed by atoms with Crippen molar-refractivity contribution in [1.29, 1.82) is 0 Å². The van der Waals surface area contributed by atoms with Gasteiger partial charge in [0.15, 0.2) is 0 Å². The van der Waals surface area contributed by atoms with Crippen molar-refractivity contribution in [3.63, 3.8) is 0 Å². The second-order valence-corrected chi connectivity index (χ2v) is 7.54. The number of carbonyl (C=O) groups is 1. The van der Waals surface area contributed by atoms with E-state index in [9.17, 15) is 4.79 Å². The number of fused-ring (bicyclic) bond motifs is 2. The van der Waals surface area contributed by atoms with Gasteiger partial charge in [-0.05, 0) is 91.4 Å². The first-order valence-corrected chi connectivity index (χ1v) is 9.08. The maximum absolute atomic E-state index is 12.0. The molecule has 2 atom stereocenters. The highest BCUT2D eigenvalue weighted by Crippen LogP contribution is 2.37. The molecule has 1 saturated carbocycles. The number of hydrogen-bond donors (Lipinski definition) is 1. The smallest absolute Gasteiger partial charge is 0.251 e. The van der Waals surface area contributed by atoms with E-state index in [2.05, 4.69) is 32.8 Å². The summed E-state index contributed by atoms with van der Waals surface area (Å²) in [6, 6.07) is 8.59. The molecule has 1 aliphatic heterocycles. The molecule has 2 bridgehead atoms. The highest BCUT2D eigenvalue weighted by Gasteiger charge is 2.36. The first-order valence-electron chi connectivity index (χ1n) is 8.00. The van der Waals surface area contributed by atoms with Crippen LogP contribution in [0.5, 0.6) is 0 Å². The number of piperidine rings is 1. The van der Waals surface area contributed by atoms with Gasteiger partial charge in [-0.2, -0.15) is 0 Å². The molecule has 3 nitrogen and oxygen atoms in total. The number of likely N-dealkylation sites (tertiary alicyclic amines) is 1. The number of hydrogen-bond acceptors (Lipinski definition) is 2. The number of unbranched alkanes of at least 4 members (excludes halogenated alkanes) is 1. The Balaban J connectivity index is 1.31. The van der Waals surface area contributed by atoms with E-state index in [1.54, 1.807) is 0 Å². The van der Waals surface area contributed by atoms with Gasteiger partial charge in [-0.3, -0.25) is 4.79 Å². The lowest BCUT2D eigenvalue weighted by Crippen LogP contribution is -2.33. The number of nitrogens with zero attached hydrogens (tertiary/aromatic N) is 1. The van der Waals surface area contributed by atoms with Gasteiger partial charge in [0.05, 0.1) is 0 Å². The molecule has 21 heavy (non-hydrogen) atoms. The Morgan fingerprint density at radius 1 is 1.24 bits per heavy atom. The minimum absolute atomic E-state index is 0.0478. The third kappa shape index (κ3) is 3.97. The van der Waals surface area contributed by atoms with Crippen molar-refractivity contribution in [3.8, 4) is 0 Å². The minimum Gasteiger partial charge on any atom is -0.352 e. The van der Waals surface area contributed by atoms with Crippen LogP contribution in [-0.4, -0.2) is 36.5 Å². The summed E-state index contributed by atoms with van der Waals surface area (Å²) in [5, 5.41) is 3.02. The molecule has 3 rings (SSSR count). The van der Waals surface area contributed by atoms with Gasteiger partial charge in [-0.1, -0.05) is 0 Å². The highest BCUT2D eigenvalue weighted by molar-refractivity contribution is 14.1. The summed E-state index contributed by atoms with van der Waals surface area (Å²) in [5.41, 5.74) is 0.757. The van der Waals surface area contributed by atoms with Crippen molar-refractivity contribution in [2.75, 3.05) is 19.6 Å². The molecule has 1 aromatic rings. The van der Waals surface area contributed by atoms with Gasteiger partial charge in [0.2, 0.25) is 0 Å². The third-order valence-electron chi connectivity index (χ3n) is 4.79. The number of nitrogens with one attached hydrogen (secondary N) is 1. The van der Waals surface area contributed by atoms with Crippen LogP contribution < -0.4 is 5.32 Å². The second-order valence-electron chi connectivity index (χ2n) is 6.30. The number of rotatable bonds is 6. The maximum atomic E-state index is 12.0. The number of carbonyl (C=O) groups excluding carboxylic acids is 1. The lowest BCUT2D eigenvalue weighted by molar-refractivity contribution is 0.0952. The summed E-state index contributed by atoms with van der Waals surface area (Å²) < 4.78 is 1.16. The number of halogens is 1. The van der Waals surface area contributed by atoms with E-state index < -0.39 is 0 Å². The second kappa shape index (κ2) is 7.09. The number of benzene rings is 1. The molecule has 4 heteroatoms. The standard InChI is InChI=1S/C17H23IN2O/c18-15-6-4-14(5-7-15)17(21)19-9-1-2-10-20-12-13-3-8-16(20)11-13/h4-7,13,16H,1-3,8-12H2,(H,19,21)/t13-,16+/m1/s1/i18-4. The van der Waals surface area contributed by atoms with Crippen molar-refractivity contribution in [1.82, 2.24) is 10.2 Å². The summed E-state index contributed by atoms with van der Waals surface area (Å²) in [6.45, 7) is 3.31. The van der Waals surface area contributed by atoms with Gasteiger partial charge in [0.25, 0.3) is 5.91 Å². The molecule has 0 radical (unpaired) electrons. The van der Waals surface area contributed by atoms with E-state index in [1.807, 2.05) is 24.3 Å². The highest BCUT2D eigenvalue weighted by atomic mass is 123. The third-order valence-corrected chi connectivity index (χ3v) is 5.51. The summed E-state index contributed by atoms with van der Waals surface area (Å²) in [5.74, 6) is 1.03. The van der Waals surface area contributed by atoms with Crippen molar-refractivity contribution in [3.05, 3.63) is 33.4 Å². The molecule has 0 aromatic heterocycles. The fourth-order valence-corrected chi connectivity index (χ4v) is 4.01. The lowest BCUT2D eigenvalue weighted by atomic mass is 10.1. The average molecular weight is 394 g/mol. The lowest BCUT2D eigenvalue weighted by Gasteiger charge is -2.26. The van der Waals surface area contributed by atoms with E-state index in [1.165, 1.54) is 38.8 Å². The summed E-state index contributed by atoms with van der Waals surface area (Å²) >= 11 is 2.25. The van der Waals surface area contributed by atoms with Gasteiger partial charge in [0, 0.05) is 28.3 Å². The molecule has 1 aliphatic carbocycles. The van der Waals surface area contributed by atoms with E-state index in [-0.39, 0.29) is 5.91 Å². The van der Waals surface area contributed by atoms with Gasteiger partial charge in [-0.25, -0.2) is 0 Å². The van der Waals surface area contributed by atoms with Crippen molar-refractivity contribution in [2.45, 2.75) is 38.1 Å². The number of amides is 1. The van der Waals surface area contributed by atoms with E-state index in [0.717, 1.165) is 34.1 Å². The van der Waals surface area contributed by atoms with Crippen LogP contribution in [0.4, 0.5) is 0 Å². The molecule has 114 valence electrons. The molecule has 1 saturated heterocycles. The zero-order chi connectivity index (χ0) is 14.7. The summed E-state index contributed by atoms with van der Waals surface area (Å²) in [6.07, 6.45) is 6.56. The molecule has 1 amide bonds. The average Bonchev–Trinajstić information content (AvgIpc) is 3.10. The molecular formula is C17H23IN2O. The fraction of sp³-hybridized carbons (Fsp3) is 0.588. The summed E-state index contributed by atoms with van der Waals surface area (Å²) in [4.78, 5) is 14.6. The van der Waals surface area contributed by atoms with Gasteiger partial charge < -0.3 is 10.2 Å². The van der Waals surface area contributed by atoms with Gasteiger partial charge in [0.1, 0.15) is 0 Å². The van der Waals surface area contributed by atoms with Crippen LogP contribution in [0.1, 0.15) is 42.5 Å². The molecule has 0 unspecified atom stereocenters. The molecular weight excluding hydrogens is 371 g/mol. The first-order chi connectivity index (χ1) is 10.2. The van der Waals surface area contributed by atoms with E-state index in [0.29, 0.717) is 0 Å². The normalized spacial score (nSPS) is 24.4. The Morgan fingerprint density at radius 2 is 2.05 bits per heavy atom. The zero-order valence-electron chi connectivity index (χ0n) is 12.4. The fourth-order valence-electron chi connectivity index (χ4n) is 3.65. The summed E-state index contributed by atoms with van der Waals surface area (Å²) in [7, 11) is 0. The Bertz CT molecular complexity index is 488. The molecule has 2 fully saturated rings. The Morgan fingerprint density at radius 3 is 2.71 bits per heavy atom. The van der Waals surface area contributed by atoms with Crippen molar-refractivity contribution < 1.29 is 4.79 Å². The van der Waals surface area contributed by atoms with Crippen LogP contribution >= 0.6 is 22.6 Å². The maximum Gasteiger partial charge on any atom is 0.251 e.